The number of carbonyl (C=O) groups is 2. The molecule has 21 heavy (non-hydrogen) atoms. The highest BCUT2D eigenvalue weighted by molar-refractivity contribution is 6.05. The van der Waals surface area contributed by atoms with Crippen LogP contribution < -0.4 is 10.1 Å². The smallest absolute Gasteiger partial charge is 0.246 e. The van der Waals surface area contributed by atoms with Gasteiger partial charge in [0.2, 0.25) is 11.8 Å². The van der Waals surface area contributed by atoms with E-state index in [9.17, 15) is 14.7 Å². The fourth-order valence-electron chi connectivity index (χ4n) is 2.16. The molecule has 0 aromatic heterocycles. The van der Waals surface area contributed by atoms with Crippen molar-refractivity contribution in [2.24, 2.45) is 0 Å². The number of imide groups is 1. The molecule has 2 rings (SSSR count). The van der Waals surface area contributed by atoms with Gasteiger partial charge in [0.1, 0.15) is 18.5 Å². The minimum atomic E-state index is -0.751. The topological polar surface area (TPSA) is 78.9 Å². The monoisotopic (exact) mass is 292 g/mol. The van der Waals surface area contributed by atoms with Crippen molar-refractivity contribution in [2.75, 3.05) is 20.2 Å². The molecule has 2 N–H and O–H groups in total. The summed E-state index contributed by atoms with van der Waals surface area (Å²) >= 11 is 0. The normalized spacial score (nSPS) is 20.0. The number of nitrogens with zero attached hydrogens (tertiary/aromatic N) is 1. The van der Waals surface area contributed by atoms with Gasteiger partial charge in [0.05, 0.1) is 12.5 Å². The lowest BCUT2D eigenvalue weighted by atomic mass is 10.2. The van der Waals surface area contributed by atoms with Crippen LogP contribution in [-0.4, -0.2) is 54.2 Å². The van der Waals surface area contributed by atoms with E-state index < -0.39 is 12.1 Å². The van der Waals surface area contributed by atoms with Crippen LogP contribution in [0.2, 0.25) is 0 Å². The summed E-state index contributed by atoms with van der Waals surface area (Å²) in [5.74, 6) is 0.263. The van der Waals surface area contributed by atoms with Gasteiger partial charge in [-0.25, -0.2) is 0 Å². The van der Waals surface area contributed by atoms with E-state index in [0.717, 1.165) is 16.2 Å². The van der Waals surface area contributed by atoms with Crippen LogP contribution in [-0.2, 0) is 9.59 Å². The van der Waals surface area contributed by atoms with Crippen LogP contribution in [0.25, 0.3) is 0 Å². The molecule has 2 atom stereocenters. The van der Waals surface area contributed by atoms with E-state index in [1.807, 2.05) is 31.2 Å². The molecule has 6 heteroatoms. The highest BCUT2D eigenvalue weighted by Gasteiger charge is 2.35. The van der Waals surface area contributed by atoms with Crippen LogP contribution in [0.5, 0.6) is 5.75 Å². The maximum absolute atomic E-state index is 11.7. The lowest BCUT2D eigenvalue weighted by Crippen LogP contribution is -2.42. The molecular weight excluding hydrogens is 272 g/mol. The van der Waals surface area contributed by atoms with E-state index in [0.29, 0.717) is 0 Å². The van der Waals surface area contributed by atoms with Crippen LogP contribution in [0, 0.1) is 6.92 Å². The van der Waals surface area contributed by atoms with Crippen molar-refractivity contribution in [2.45, 2.75) is 25.5 Å². The van der Waals surface area contributed by atoms with E-state index in [1.165, 1.54) is 7.05 Å². The molecule has 6 nitrogen and oxygen atoms in total. The summed E-state index contributed by atoms with van der Waals surface area (Å²) in [4.78, 5) is 24.2. The Morgan fingerprint density at radius 2 is 2.14 bits per heavy atom. The lowest BCUT2D eigenvalue weighted by molar-refractivity contribution is -0.137. The van der Waals surface area contributed by atoms with Gasteiger partial charge in [-0.05, 0) is 18.6 Å². The highest BCUT2D eigenvalue weighted by atomic mass is 16.5. The van der Waals surface area contributed by atoms with Crippen LogP contribution >= 0.6 is 0 Å². The summed E-state index contributed by atoms with van der Waals surface area (Å²) in [6.45, 7) is 2.25. The summed E-state index contributed by atoms with van der Waals surface area (Å²) in [5, 5.41) is 12.8. The van der Waals surface area contributed by atoms with Gasteiger partial charge >= 0.3 is 0 Å². The number of hydrogen-bond donors (Lipinski definition) is 2. The first-order valence-electron chi connectivity index (χ1n) is 6.89. The third kappa shape index (κ3) is 3.80. The van der Waals surface area contributed by atoms with E-state index in [4.69, 9.17) is 4.74 Å². The van der Waals surface area contributed by atoms with Crippen molar-refractivity contribution < 1.29 is 19.4 Å². The summed E-state index contributed by atoms with van der Waals surface area (Å²) in [5.41, 5.74) is 0.996. The molecule has 1 fully saturated rings. The molecule has 1 aliphatic heterocycles. The lowest BCUT2D eigenvalue weighted by Gasteiger charge is -2.16. The Hall–Kier alpha value is -1.92. The Balaban J connectivity index is 1.76. The second-order valence-electron chi connectivity index (χ2n) is 5.19. The average Bonchev–Trinajstić information content (AvgIpc) is 2.71. The molecule has 0 spiro atoms. The molecule has 1 aromatic carbocycles. The minimum Gasteiger partial charge on any atom is -0.491 e. The number of aliphatic hydroxyl groups is 1. The summed E-state index contributed by atoms with van der Waals surface area (Å²) in [7, 11) is 1.46. The average molecular weight is 292 g/mol. The zero-order valence-electron chi connectivity index (χ0n) is 12.2. The van der Waals surface area contributed by atoms with Gasteiger partial charge in [0.15, 0.2) is 0 Å². The second-order valence-corrected chi connectivity index (χ2v) is 5.19. The van der Waals surface area contributed by atoms with Crippen molar-refractivity contribution in [1.82, 2.24) is 10.2 Å². The number of aliphatic hydroxyl groups excluding tert-OH is 1. The standard InChI is InChI=1S/C15H20N2O4/c1-10-5-3-4-6-13(10)21-9-11(18)8-16-12-7-14(19)17(2)15(12)20/h3-6,11-12,16,18H,7-9H2,1-2H3. The molecule has 0 saturated carbocycles. The number of rotatable bonds is 6. The van der Waals surface area contributed by atoms with Gasteiger partial charge in [-0.2, -0.15) is 0 Å². The molecule has 0 radical (unpaired) electrons. The van der Waals surface area contributed by atoms with Gasteiger partial charge < -0.3 is 15.2 Å². The zero-order chi connectivity index (χ0) is 15.4. The number of carbonyl (C=O) groups excluding carboxylic acids is 2. The molecule has 1 aliphatic rings. The number of aryl methyl sites for hydroxylation is 1. The molecule has 1 aromatic rings. The first-order chi connectivity index (χ1) is 9.99. The molecule has 2 unspecified atom stereocenters. The quantitative estimate of drug-likeness (QED) is 0.726. The van der Waals surface area contributed by atoms with Crippen molar-refractivity contribution in [3.8, 4) is 5.75 Å². The van der Waals surface area contributed by atoms with Crippen LogP contribution in [0.4, 0.5) is 0 Å². The second kappa shape index (κ2) is 6.69. The number of likely N-dealkylation sites (N-methyl/N-ethyl adjacent to an activating group) is 1. The van der Waals surface area contributed by atoms with Crippen molar-refractivity contribution in [3.63, 3.8) is 0 Å². The van der Waals surface area contributed by atoms with Crippen molar-refractivity contribution in [3.05, 3.63) is 29.8 Å². The predicted octanol–water partition coefficient (Wildman–Crippen LogP) is 0.0816. The number of amides is 2. The van der Waals surface area contributed by atoms with Gasteiger partial charge in [-0.3, -0.25) is 14.5 Å². The molecule has 114 valence electrons. The molecule has 1 heterocycles. The van der Waals surface area contributed by atoms with Crippen molar-refractivity contribution in [1.29, 1.82) is 0 Å². The number of ether oxygens (including phenoxy) is 1. The molecule has 1 saturated heterocycles. The minimum absolute atomic E-state index is 0.128. The van der Waals surface area contributed by atoms with Gasteiger partial charge in [0.25, 0.3) is 0 Å². The van der Waals surface area contributed by atoms with E-state index in [-0.39, 0.29) is 31.4 Å². The number of benzene rings is 1. The summed E-state index contributed by atoms with van der Waals surface area (Å²) < 4.78 is 5.53. The van der Waals surface area contributed by atoms with Gasteiger partial charge in [-0.15, -0.1) is 0 Å². The molecule has 2 amide bonds. The third-order valence-electron chi connectivity index (χ3n) is 3.51. The molecular formula is C15H20N2O4. The van der Waals surface area contributed by atoms with Crippen molar-refractivity contribution >= 4 is 11.8 Å². The fraction of sp³-hybridized carbons (Fsp3) is 0.467. The Bertz CT molecular complexity index is 532. The van der Waals surface area contributed by atoms with E-state index in [1.54, 1.807) is 0 Å². The Morgan fingerprint density at radius 3 is 2.76 bits per heavy atom. The van der Waals surface area contributed by atoms with E-state index >= 15 is 0 Å². The largest absolute Gasteiger partial charge is 0.491 e. The number of para-hydroxylation sites is 1. The summed E-state index contributed by atoms with van der Waals surface area (Å²) in [6.07, 6.45) is -0.612. The zero-order valence-corrected chi connectivity index (χ0v) is 12.2. The number of nitrogens with one attached hydrogen (secondary N) is 1. The molecule has 0 aliphatic carbocycles. The van der Waals surface area contributed by atoms with Crippen LogP contribution in [0.1, 0.15) is 12.0 Å². The van der Waals surface area contributed by atoms with Gasteiger partial charge in [0, 0.05) is 13.6 Å². The highest BCUT2D eigenvalue weighted by Crippen LogP contribution is 2.16. The SMILES string of the molecule is Cc1ccccc1OCC(O)CNC1CC(=O)N(C)C1=O. The Morgan fingerprint density at radius 1 is 1.43 bits per heavy atom. The molecule has 0 bridgehead atoms. The summed E-state index contributed by atoms with van der Waals surface area (Å²) in [6, 6.07) is 7.00. The van der Waals surface area contributed by atoms with E-state index in [2.05, 4.69) is 5.32 Å². The first kappa shape index (κ1) is 15.5. The Labute approximate surface area is 123 Å². The number of hydrogen-bond acceptors (Lipinski definition) is 5. The van der Waals surface area contributed by atoms with Gasteiger partial charge in [-0.1, -0.05) is 18.2 Å². The Kier molecular flexibility index (Phi) is 4.93. The third-order valence-corrected chi connectivity index (χ3v) is 3.51. The fourth-order valence-corrected chi connectivity index (χ4v) is 2.16. The maximum atomic E-state index is 11.7. The first-order valence-corrected chi connectivity index (χ1v) is 6.89. The maximum Gasteiger partial charge on any atom is 0.246 e. The van der Waals surface area contributed by atoms with Crippen LogP contribution in [0.3, 0.4) is 0 Å². The number of likely N-dealkylation sites (tertiary alicyclic amines) is 1. The van der Waals surface area contributed by atoms with Crippen LogP contribution in [0.15, 0.2) is 24.3 Å². The predicted molar refractivity (Wildman–Crippen MR) is 76.9 cm³/mol.